The van der Waals surface area contributed by atoms with Gasteiger partial charge in [0.25, 0.3) is 5.79 Å². The van der Waals surface area contributed by atoms with Crippen molar-refractivity contribution >= 4 is 23.1 Å². The third kappa shape index (κ3) is 8.08. The van der Waals surface area contributed by atoms with Gasteiger partial charge >= 0.3 is 23.1 Å². The van der Waals surface area contributed by atoms with E-state index in [1.165, 1.54) is 7.11 Å². The smallest absolute Gasteiger partial charge is 0.366 e. The normalized spacial score (nSPS) is 27.3. The summed E-state index contributed by atoms with van der Waals surface area (Å²) in [6.45, 7) is 17.5. The van der Waals surface area contributed by atoms with E-state index in [9.17, 15) is 9.90 Å². The summed E-state index contributed by atoms with van der Waals surface area (Å²) in [5.41, 5.74) is 2.14. The number of carbonyl (C=O) groups excluding carboxylic acids is 1. The summed E-state index contributed by atoms with van der Waals surface area (Å²) in [6.07, 6.45) is -4.00. The molecule has 2 aliphatic rings. The van der Waals surface area contributed by atoms with Crippen molar-refractivity contribution in [3.05, 3.63) is 65.7 Å². The van der Waals surface area contributed by atoms with Gasteiger partial charge in [0.15, 0.2) is 0 Å². The predicted octanol–water partition coefficient (Wildman–Crippen LogP) is 6.77. The Kier molecular flexibility index (Phi) is 13.1. The third-order valence-corrected chi connectivity index (χ3v) is 19.9. The highest BCUT2D eigenvalue weighted by Gasteiger charge is 2.62. The predicted molar refractivity (Wildman–Crippen MR) is 187 cm³/mol. The molecule has 1 N–H and O–H groups in total. The molecule has 48 heavy (non-hydrogen) atoms. The van der Waals surface area contributed by atoms with Crippen LogP contribution in [-0.4, -0.2) is 79.2 Å². The number of methoxy groups -OCH3 is 2. The number of ether oxygens (including phenoxy) is 5. The van der Waals surface area contributed by atoms with Gasteiger partial charge in [-0.1, -0.05) is 97.9 Å². The lowest BCUT2D eigenvalue weighted by Gasteiger charge is -2.48. The minimum absolute atomic E-state index is 0.0635. The maximum atomic E-state index is 13.7. The van der Waals surface area contributed by atoms with Crippen molar-refractivity contribution in [1.82, 2.24) is 0 Å². The second-order valence-corrected chi connectivity index (χ2v) is 23.0. The molecule has 2 heterocycles. The Morgan fingerprint density at radius 1 is 0.854 bits per heavy atom. The number of rotatable bonds is 13. The standard InChI is InChI=1S/C36H56O10Si2/c1-24(2)47(25(3)4)43-23-32(45-48(46-47,26(5)6)27(7)8)34-33(37)31(41-21-29-16-18-30(39-9)19-17-29)20-36(44-34,35(38)40-10)42-22-28-14-12-11-13-15-28/h11-19,24-27,31-34,37H,20-23H2,1-10H3/t31-,32-,33-,34-,36+/m1/s1. The first-order valence-corrected chi connectivity index (χ1v) is 21.1. The lowest BCUT2D eigenvalue weighted by molar-refractivity contribution is -0.331. The van der Waals surface area contributed by atoms with Gasteiger partial charge in [-0.15, -0.1) is 0 Å². The van der Waals surface area contributed by atoms with Crippen molar-refractivity contribution in [3.63, 3.8) is 0 Å². The molecular formula is C36H56O10Si2. The number of hydrogen-bond acceptors (Lipinski definition) is 10. The Labute approximate surface area is 288 Å². The van der Waals surface area contributed by atoms with Gasteiger partial charge in [0.05, 0.1) is 46.2 Å². The van der Waals surface area contributed by atoms with Crippen LogP contribution in [0.2, 0.25) is 22.2 Å². The molecule has 5 atom stereocenters. The van der Waals surface area contributed by atoms with Crippen molar-refractivity contribution in [2.24, 2.45) is 0 Å². The second kappa shape index (κ2) is 16.3. The summed E-state index contributed by atoms with van der Waals surface area (Å²) in [4.78, 5) is 13.7. The molecule has 2 aromatic carbocycles. The first-order chi connectivity index (χ1) is 22.7. The van der Waals surface area contributed by atoms with Gasteiger partial charge in [-0.3, -0.25) is 0 Å². The van der Waals surface area contributed by atoms with Crippen LogP contribution < -0.4 is 4.74 Å². The number of carbonyl (C=O) groups is 1. The lowest BCUT2D eigenvalue weighted by Crippen LogP contribution is -2.65. The Morgan fingerprint density at radius 3 is 1.98 bits per heavy atom. The fourth-order valence-corrected chi connectivity index (χ4v) is 18.1. The summed E-state index contributed by atoms with van der Waals surface area (Å²) >= 11 is 0. The van der Waals surface area contributed by atoms with Gasteiger partial charge in [0.1, 0.15) is 18.0 Å². The van der Waals surface area contributed by atoms with Crippen LogP contribution in [0.25, 0.3) is 0 Å². The zero-order chi connectivity index (χ0) is 35.3. The van der Waals surface area contributed by atoms with Crippen molar-refractivity contribution < 1.29 is 46.6 Å². The van der Waals surface area contributed by atoms with Gasteiger partial charge in [-0.25, -0.2) is 4.79 Å². The molecule has 0 saturated carbocycles. The van der Waals surface area contributed by atoms with Crippen LogP contribution in [0.5, 0.6) is 5.75 Å². The minimum Gasteiger partial charge on any atom is -0.497 e. The van der Waals surface area contributed by atoms with Crippen LogP contribution in [0.3, 0.4) is 0 Å². The number of esters is 1. The van der Waals surface area contributed by atoms with E-state index in [1.54, 1.807) is 7.11 Å². The monoisotopic (exact) mass is 704 g/mol. The molecule has 4 rings (SSSR count). The zero-order valence-corrected chi connectivity index (χ0v) is 32.3. The first-order valence-electron chi connectivity index (χ1n) is 17.1. The zero-order valence-electron chi connectivity index (χ0n) is 30.3. The average Bonchev–Trinajstić information content (AvgIpc) is 3.27. The summed E-state index contributed by atoms with van der Waals surface area (Å²) in [5.74, 6) is -1.88. The quantitative estimate of drug-likeness (QED) is 0.177. The molecule has 0 radical (unpaired) electrons. The SMILES string of the molecule is COC(=O)[C@]1(OCc2ccccc2)C[C@@H](OCc2ccc(OC)cc2)[C@@H](O)[C@@H]([C@H]2CO[Si](C(C)C)(C(C)C)O[Si](C(C)C)(C(C)C)O2)O1. The van der Waals surface area contributed by atoms with E-state index in [2.05, 4.69) is 55.4 Å². The van der Waals surface area contributed by atoms with E-state index in [-0.39, 0.29) is 48.4 Å². The summed E-state index contributed by atoms with van der Waals surface area (Å²) in [7, 11) is -2.98. The lowest BCUT2D eigenvalue weighted by atomic mass is 9.92. The van der Waals surface area contributed by atoms with Crippen LogP contribution in [0.4, 0.5) is 0 Å². The number of aliphatic hydroxyl groups is 1. The van der Waals surface area contributed by atoms with Gasteiger partial charge in [0.2, 0.25) is 0 Å². The largest absolute Gasteiger partial charge is 0.497 e. The molecule has 2 aliphatic heterocycles. The van der Waals surface area contributed by atoms with E-state index in [1.807, 2.05) is 54.6 Å². The highest BCUT2D eigenvalue weighted by molar-refractivity contribution is 6.84. The maximum absolute atomic E-state index is 13.7. The number of benzene rings is 2. The topological polar surface area (TPSA) is 111 Å². The molecule has 10 nitrogen and oxygen atoms in total. The molecule has 0 aromatic heterocycles. The molecule has 0 bridgehead atoms. The average molecular weight is 705 g/mol. The molecule has 2 saturated heterocycles. The van der Waals surface area contributed by atoms with Crippen molar-refractivity contribution in [2.45, 2.75) is 127 Å². The first kappa shape index (κ1) is 38.7. The fourth-order valence-electron chi connectivity index (χ4n) is 6.88. The molecule has 12 heteroatoms. The molecule has 268 valence electrons. The van der Waals surface area contributed by atoms with Crippen LogP contribution >= 0.6 is 0 Å². The van der Waals surface area contributed by atoms with Gasteiger partial charge < -0.3 is 41.8 Å². The maximum Gasteiger partial charge on any atom is 0.366 e. The molecule has 0 amide bonds. The molecule has 0 unspecified atom stereocenters. The number of aliphatic hydroxyl groups excluding tert-OH is 1. The molecular weight excluding hydrogens is 649 g/mol. The summed E-state index contributed by atoms with van der Waals surface area (Å²) in [5, 5.41) is 12.1. The van der Waals surface area contributed by atoms with Crippen LogP contribution in [0.1, 0.15) is 72.9 Å². The fraction of sp³-hybridized carbons (Fsp3) is 0.639. The van der Waals surface area contributed by atoms with Crippen molar-refractivity contribution in [2.75, 3.05) is 20.8 Å². The number of hydrogen-bond donors (Lipinski definition) is 1. The Bertz CT molecular complexity index is 1290. The van der Waals surface area contributed by atoms with Crippen LogP contribution in [-0.2, 0) is 49.9 Å². The highest BCUT2D eigenvalue weighted by atomic mass is 28.5. The molecule has 0 aliphatic carbocycles. The van der Waals surface area contributed by atoms with E-state index in [0.717, 1.165) is 16.9 Å². The Morgan fingerprint density at radius 2 is 1.44 bits per heavy atom. The van der Waals surface area contributed by atoms with Gasteiger partial charge in [-0.2, -0.15) is 0 Å². The van der Waals surface area contributed by atoms with Crippen molar-refractivity contribution in [1.29, 1.82) is 0 Å². The van der Waals surface area contributed by atoms with E-state index < -0.39 is 53.3 Å². The minimum atomic E-state index is -3.04. The van der Waals surface area contributed by atoms with Gasteiger partial charge in [0, 0.05) is 6.42 Å². The Balaban J connectivity index is 1.77. The highest BCUT2D eigenvalue weighted by Crippen LogP contribution is 2.48. The van der Waals surface area contributed by atoms with E-state index >= 15 is 0 Å². The third-order valence-electron chi connectivity index (χ3n) is 9.66. The Hall–Kier alpha value is -2.14. The molecule has 2 fully saturated rings. The summed E-state index contributed by atoms with van der Waals surface area (Å²) < 4.78 is 51.4. The molecule has 0 spiro atoms. The second-order valence-electron chi connectivity index (χ2n) is 14.1. The van der Waals surface area contributed by atoms with Crippen molar-refractivity contribution in [3.8, 4) is 5.75 Å². The molecule has 2 aromatic rings. The van der Waals surface area contributed by atoms with Crippen LogP contribution in [0.15, 0.2) is 54.6 Å². The van der Waals surface area contributed by atoms with Crippen LogP contribution in [0, 0.1) is 0 Å². The van der Waals surface area contributed by atoms with E-state index in [4.69, 9.17) is 36.7 Å². The summed E-state index contributed by atoms with van der Waals surface area (Å²) in [6, 6.07) is 17.0. The van der Waals surface area contributed by atoms with E-state index in [0.29, 0.717) is 0 Å². The van der Waals surface area contributed by atoms with Gasteiger partial charge in [-0.05, 0) is 45.4 Å².